The molecule has 0 aromatic rings. The predicted octanol–water partition coefficient (Wildman–Crippen LogP) is 1.75. The number of halogens is 1. The molecule has 0 saturated carbocycles. The lowest BCUT2D eigenvalue weighted by Crippen LogP contribution is -2.56. The van der Waals surface area contributed by atoms with Crippen LogP contribution in [0.25, 0.3) is 0 Å². The van der Waals surface area contributed by atoms with Crippen molar-refractivity contribution in [1.82, 2.24) is 10.2 Å². The summed E-state index contributed by atoms with van der Waals surface area (Å²) in [5.74, 6) is 1.17. The third-order valence-electron chi connectivity index (χ3n) is 5.19. The quantitative estimate of drug-likeness (QED) is 0.366. The van der Waals surface area contributed by atoms with Gasteiger partial charge in [0.25, 0.3) is 0 Å². The van der Waals surface area contributed by atoms with Crippen molar-refractivity contribution >= 4 is 17.5 Å². The van der Waals surface area contributed by atoms with Crippen molar-refractivity contribution in [3.63, 3.8) is 0 Å². The second-order valence-electron chi connectivity index (χ2n) is 7.97. The lowest BCUT2D eigenvalue weighted by Gasteiger charge is -2.33. The number of nitrogens with one attached hydrogen (secondary N) is 1. The predicted molar refractivity (Wildman–Crippen MR) is 117 cm³/mol. The van der Waals surface area contributed by atoms with Crippen LogP contribution in [0.15, 0.2) is 0 Å². The van der Waals surface area contributed by atoms with Crippen LogP contribution in [0.3, 0.4) is 0 Å². The maximum Gasteiger partial charge on any atom is 0.237 e. The molecule has 0 spiro atoms. The number of alkyl halides is 1. The highest BCUT2D eigenvalue weighted by Gasteiger charge is 2.38. The summed E-state index contributed by atoms with van der Waals surface area (Å²) in [7, 11) is 1.96. The molecule has 1 rings (SSSR count). The second-order valence-corrected chi connectivity index (χ2v) is 8.50. The van der Waals surface area contributed by atoms with Crippen molar-refractivity contribution in [2.45, 2.75) is 96.8 Å². The molecule has 1 saturated heterocycles. The standard InChI is InChI=1S/C19H38N2O5.C2H5Cl/c1-6-8-14-10-15(21(5)11-14)19(25)20-12(3)18(26-9-7-2)17(24)16(23)13(4)22;1-2-3/h12-18,22-24H,6-11H2,1-5H3,(H,20,25);2H2,1H3/t12?,13-,14+,15-,16+,17+,18?;/m0./s1. The Kier molecular flexibility index (Phi) is 15.1. The fourth-order valence-corrected chi connectivity index (χ4v) is 3.70. The molecule has 7 nitrogen and oxygen atoms in total. The van der Waals surface area contributed by atoms with Gasteiger partial charge in [-0.1, -0.05) is 27.2 Å². The van der Waals surface area contributed by atoms with Gasteiger partial charge in [-0.15, -0.1) is 11.6 Å². The zero-order chi connectivity index (χ0) is 22.6. The van der Waals surface area contributed by atoms with Gasteiger partial charge in [-0.3, -0.25) is 9.69 Å². The van der Waals surface area contributed by atoms with Crippen LogP contribution in [0.2, 0.25) is 0 Å². The number of carbonyl (C=O) groups is 1. The number of hydrogen-bond acceptors (Lipinski definition) is 6. The summed E-state index contributed by atoms with van der Waals surface area (Å²) in [5.41, 5.74) is 0. The molecule has 0 aromatic carbocycles. The maximum atomic E-state index is 12.7. The number of likely N-dealkylation sites (tertiary alicyclic amines) is 1. The number of nitrogens with zero attached hydrogens (tertiary/aromatic N) is 1. The molecule has 174 valence electrons. The molecular formula is C21H43ClN2O5. The minimum Gasteiger partial charge on any atom is -0.391 e. The van der Waals surface area contributed by atoms with E-state index in [0.717, 1.165) is 38.1 Å². The maximum absolute atomic E-state index is 12.7. The summed E-state index contributed by atoms with van der Waals surface area (Å²) in [6.07, 6.45) is -0.686. The Balaban J connectivity index is 0.00000245. The minimum atomic E-state index is -1.33. The third-order valence-corrected chi connectivity index (χ3v) is 5.19. The number of likely N-dealkylation sites (N-methyl/N-ethyl adjacent to an activating group) is 1. The van der Waals surface area contributed by atoms with Crippen LogP contribution < -0.4 is 5.32 Å². The average Bonchev–Trinajstić information content (AvgIpc) is 3.02. The van der Waals surface area contributed by atoms with Gasteiger partial charge in [0, 0.05) is 19.0 Å². The van der Waals surface area contributed by atoms with Gasteiger partial charge >= 0.3 is 0 Å². The van der Waals surface area contributed by atoms with Crippen molar-refractivity contribution in [1.29, 1.82) is 0 Å². The van der Waals surface area contributed by atoms with Gasteiger partial charge in [0.05, 0.1) is 18.2 Å². The Hall–Kier alpha value is -0.440. The van der Waals surface area contributed by atoms with Gasteiger partial charge < -0.3 is 25.4 Å². The third kappa shape index (κ3) is 9.94. The van der Waals surface area contributed by atoms with Crippen LogP contribution in [0.1, 0.15) is 60.3 Å². The van der Waals surface area contributed by atoms with E-state index in [2.05, 4.69) is 17.1 Å². The van der Waals surface area contributed by atoms with E-state index in [1.165, 1.54) is 6.92 Å². The number of ether oxygens (including phenoxy) is 1. The fourth-order valence-electron chi connectivity index (χ4n) is 3.70. The van der Waals surface area contributed by atoms with Gasteiger partial charge in [-0.25, -0.2) is 0 Å². The van der Waals surface area contributed by atoms with Crippen LogP contribution in [0.4, 0.5) is 0 Å². The fraction of sp³-hybridized carbons (Fsp3) is 0.952. The first-order chi connectivity index (χ1) is 13.6. The van der Waals surface area contributed by atoms with Crippen molar-refractivity contribution in [2.75, 3.05) is 26.1 Å². The number of aliphatic hydroxyl groups excluding tert-OH is 3. The normalized spacial score (nSPS) is 24.8. The number of amides is 1. The highest BCUT2D eigenvalue weighted by molar-refractivity contribution is 6.17. The zero-order valence-electron chi connectivity index (χ0n) is 19.0. The molecule has 1 aliphatic rings. The Morgan fingerprint density at radius 3 is 2.24 bits per heavy atom. The molecule has 0 aromatic heterocycles. The van der Waals surface area contributed by atoms with Crippen molar-refractivity contribution < 1.29 is 24.9 Å². The van der Waals surface area contributed by atoms with E-state index in [4.69, 9.17) is 16.3 Å². The molecule has 1 aliphatic heterocycles. The van der Waals surface area contributed by atoms with Gasteiger partial charge in [-0.2, -0.15) is 0 Å². The van der Waals surface area contributed by atoms with E-state index in [-0.39, 0.29) is 11.9 Å². The summed E-state index contributed by atoms with van der Waals surface area (Å²) in [6, 6.07) is -0.671. The van der Waals surface area contributed by atoms with E-state index in [1.807, 2.05) is 20.9 Å². The molecule has 0 bridgehead atoms. The van der Waals surface area contributed by atoms with Crippen molar-refractivity contribution in [3.05, 3.63) is 0 Å². The monoisotopic (exact) mass is 438 g/mol. The smallest absolute Gasteiger partial charge is 0.237 e. The van der Waals surface area contributed by atoms with Gasteiger partial charge in [0.2, 0.25) is 5.91 Å². The first-order valence-corrected chi connectivity index (χ1v) is 11.4. The van der Waals surface area contributed by atoms with Crippen LogP contribution in [0.5, 0.6) is 0 Å². The molecule has 2 unspecified atom stereocenters. The summed E-state index contributed by atoms with van der Waals surface area (Å²) in [5, 5.41) is 32.9. The van der Waals surface area contributed by atoms with Crippen LogP contribution in [-0.4, -0.2) is 88.7 Å². The molecule has 4 N–H and O–H groups in total. The number of carbonyl (C=O) groups excluding carboxylic acids is 1. The molecule has 8 heteroatoms. The van der Waals surface area contributed by atoms with Crippen LogP contribution in [-0.2, 0) is 9.53 Å². The zero-order valence-corrected chi connectivity index (χ0v) is 19.7. The van der Waals surface area contributed by atoms with Gasteiger partial charge in [0.1, 0.15) is 18.3 Å². The Morgan fingerprint density at radius 1 is 1.17 bits per heavy atom. The molecular weight excluding hydrogens is 396 g/mol. The number of hydrogen-bond donors (Lipinski definition) is 4. The van der Waals surface area contributed by atoms with E-state index >= 15 is 0 Å². The van der Waals surface area contributed by atoms with Gasteiger partial charge in [-0.05, 0) is 46.1 Å². The highest BCUT2D eigenvalue weighted by atomic mass is 35.5. The Bertz CT molecular complexity index is 441. The Morgan fingerprint density at radius 2 is 1.76 bits per heavy atom. The Labute approximate surface area is 181 Å². The highest BCUT2D eigenvalue weighted by Crippen LogP contribution is 2.25. The lowest BCUT2D eigenvalue weighted by atomic mass is 9.97. The first kappa shape index (κ1) is 28.6. The number of aliphatic hydroxyl groups is 3. The molecule has 1 amide bonds. The minimum absolute atomic E-state index is 0.0811. The molecule has 29 heavy (non-hydrogen) atoms. The summed E-state index contributed by atoms with van der Waals surface area (Å²) >= 11 is 5.00. The lowest BCUT2D eigenvalue weighted by molar-refractivity contribution is -0.137. The number of rotatable bonds is 11. The van der Waals surface area contributed by atoms with E-state index in [0.29, 0.717) is 12.5 Å². The first-order valence-electron chi connectivity index (χ1n) is 10.9. The largest absolute Gasteiger partial charge is 0.391 e. The summed E-state index contributed by atoms with van der Waals surface area (Å²) in [6.45, 7) is 10.5. The summed E-state index contributed by atoms with van der Waals surface area (Å²) in [4.78, 5) is 14.8. The SMILES string of the molecule is CCCOC(C(C)NC(=O)[C@@H]1C[C@@H](CCC)CN1C)[C@H](O)[C@H](O)[C@H](C)O.CCCl. The van der Waals surface area contributed by atoms with E-state index in [1.54, 1.807) is 6.92 Å². The average molecular weight is 439 g/mol. The molecule has 7 atom stereocenters. The molecule has 1 heterocycles. The van der Waals surface area contributed by atoms with E-state index < -0.39 is 30.5 Å². The topological polar surface area (TPSA) is 102 Å². The summed E-state index contributed by atoms with van der Waals surface area (Å²) < 4.78 is 5.69. The van der Waals surface area contributed by atoms with Gasteiger partial charge in [0.15, 0.2) is 0 Å². The second kappa shape index (κ2) is 15.4. The van der Waals surface area contributed by atoms with Crippen LogP contribution in [0, 0.1) is 5.92 Å². The van der Waals surface area contributed by atoms with Crippen molar-refractivity contribution in [3.8, 4) is 0 Å². The molecule has 0 radical (unpaired) electrons. The molecule has 1 fully saturated rings. The van der Waals surface area contributed by atoms with E-state index in [9.17, 15) is 20.1 Å². The van der Waals surface area contributed by atoms with Crippen LogP contribution >= 0.6 is 11.6 Å². The van der Waals surface area contributed by atoms with Crippen molar-refractivity contribution in [2.24, 2.45) is 5.92 Å². The molecule has 0 aliphatic carbocycles.